The van der Waals surface area contributed by atoms with Crippen LogP contribution in [0.2, 0.25) is 0 Å². The van der Waals surface area contributed by atoms with Crippen LogP contribution in [0.25, 0.3) is 0 Å². The van der Waals surface area contributed by atoms with Gasteiger partial charge in [-0.15, -0.1) is 0 Å². The van der Waals surface area contributed by atoms with Gasteiger partial charge in [0.1, 0.15) is 0 Å². The van der Waals surface area contributed by atoms with Crippen molar-refractivity contribution in [3.05, 3.63) is 30.1 Å². The number of nitrogens with one attached hydrogen (secondary N) is 1. The highest BCUT2D eigenvalue weighted by atomic mass is 14.9. The fourth-order valence-corrected chi connectivity index (χ4v) is 1.90. The minimum Gasteiger partial charge on any atom is -0.314 e. The lowest BCUT2D eigenvalue weighted by atomic mass is 9.98. The highest BCUT2D eigenvalue weighted by Crippen LogP contribution is 2.11. The van der Waals surface area contributed by atoms with Gasteiger partial charge in [-0.3, -0.25) is 4.98 Å². The molecule has 1 atom stereocenters. The average molecular weight is 176 g/mol. The minimum absolute atomic E-state index is 0.691. The van der Waals surface area contributed by atoms with Crippen LogP contribution in [0.5, 0.6) is 0 Å². The van der Waals surface area contributed by atoms with Gasteiger partial charge in [-0.25, -0.2) is 0 Å². The molecule has 0 saturated carbocycles. The second kappa shape index (κ2) is 4.38. The molecule has 0 unspecified atom stereocenters. The van der Waals surface area contributed by atoms with E-state index in [2.05, 4.69) is 22.4 Å². The molecule has 2 heterocycles. The summed E-state index contributed by atoms with van der Waals surface area (Å²) in [5.74, 6) is 0. The van der Waals surface area contributed by atoms with Gasteiger partial charge in [0.15, 0.2) is 0 Å². The molecular weight excluding hydrogens is 160 g/mol. The molecule has 1 aliphatic heterocycles. The Balaban J connectivity index is 1.90. The van der Waals surface area contributed by atoms with Crippen molar-refractivity contribution < 1.29 is 0 Å². The standard InChI is InChI=1S/C11H16N2/c1-2-6-13-11(3-1)9-10-4-7-12-8-5-10/h4-5,7-8,11,13H,1-3,6,9H2/t11-/m0/s1. The quantitative estimate of drug-likeness (QED) is 0.742. The van der Waals surface area contributed by atoms with Crippen molar-refractivity contribution in [2.24, 2.45) is 0 Å². The summed E-state index contributed by atoms with van der Waals surface area (Å²) in [5, 5.41) is 3.55. The van der Waals surface area contributed by atoms with Gasteiger partial charge in [0, 0.05) is 18.4 Å². The smallest absolute Gasteiger partial charge is 0.0270 e. The van der Waals surface area contributed by atoms with Gasteiger partial charge in [0.2, 0.25) is 0 Å². The van der Waals surface area contributed by atoms with Crippen molar-refractivity contribution >= 4 is 0 Å². The molecule has 1 fully saturated rings. The third-order valence-electron chi connectivity index (χ3n) is 2.64. The average Bonchev–Trinajstić information content (AvgIpc) is 2.21. The molecule has 0 aromatic carbocycles. The molecule has 13 heavy (non-hydrogen) atoms. The third-order valence-corrected chi connectivity index (χ3v) is 2.64. The van der Waals surface area contributed by atoms with E-state index in [0.29, 0.717) is 6.04 Å². The summed E-state index contributed by atoms with van der Waals surface area (Å²) in [6.07, 6.45) is 8.94. The molecule has 70 valence electrons. The predicted molar refractivity (Wildman–Crippen MR) is 53.6 cm³/mol. The van der Waals surface area contributed by atoms with Crippen molar-refractivity contribution in [3.8, 4) is 0 Å². The Morgan fingerprint density at radius 2 is 2.15 bits per heavy atom. The van der Waals surface area contributed by atoms with Crippen molar-refractivity contribution in [3.63, 3.8) is 0 Å². The maximum atomic E-state index is 4.02. The van der Waals surface area contributed by atoms with Crippen LogP contribution < -0.4 is 5.32 Å². The molecule has 1 N–H and O–H groups in total. The molecule has 1 saturated heterocycles. The van der Waals surface area contributed by atoms with E-state index in [1.165, 1.54) is 31.4 Å². The van der Waals surface area contributed by atoms with Gasteiger partial charge in [0.05, 0.1) is 0 Å². The molecule has 2 nitrogen and oxygen atoms in total. The van der Waals surface area contributed by atoms with Crippen molar-refractivity contribution in [1.29, 1.82) is 0 Å². The van der Waals surface area contributed by atoms with E-state index in [9.17, 15) is 0 Å². The summed E-state index contributed by atoms with van der Waals surface area (Å²) < 4.78 is 0. The second-order valence-electron chi connectivity index (χ2n) is 3.71. The Kier molecular flexibility index (Phi) is 2.93. The summed E-state index contributed by atoms with van der Waals surface area (Å²) >= 11 is 0. The molecule has 0 spiro atoms. The first-order chi connectivity index (χ1) is 6.45. The van der Waals surface area contributed by atoms with Crippen LogP contribution in [0, 0.1) is 0 Å². The van der Waals surface area contributed by atoms with Crippen LogP contribution in [0.3, 0.4) is 0 Å². The van der Waals surface area contributed by atoms with E-state index in [1.807, 2.05) is 12.4 Å². The fraction of sp³-hybridized carbons (Fsp3) is 0.545. The molecule has 0 radical (unpaired) electrons. The molecule has 1 aromatic heterocycles. The van der Waals surface area contributed by atoms with E-state index < -0.39 is 0 Å². The van der Waals surface area contributed by atoms with Gasteiger partial charge in [-0.1, -0.05) is 6.42 Å². The van der Waals surface area contributed by atoms with E-state index in [-0.39, 0.29) is 0 Å². The van der Waals surface area contributed by atoms with Crippen molar-refractivity contribution in [2.75, 3.05) is 6.54 Å². The maximum absolute atomic E-state index is 4.02. The number of hydrogen-bond acceptors (Lipinski definition) is 2. The highest BCUT2D eigenvalue weighted by molar-refractivity contribution is 5.11. The number of aromatic nitrogens is 1. The number of hydrogen-bond donors (Lipinski definition) is 1. The van der Waals surface area contributed by atoms with Gasteiger partial charge in [-0.05, 0) is 43.5 Å². The van der Waals surface area contributed by atoms with Crippen LogP contribution in [-0.4, -0.2) is 17.6 Å². The summed E-state index contributed by atoms with van der Waals surface area (Å²) in [6, 6.07) is 4.91. The molecule has 0 amide bonds. The normalized spacial score (nSPS) is 22.9. The van der Waals surface area contributed by atoms with Gasteiger partial charge < -0.3 is 5.32 Å². The topological polar surface area (TPSA) is 24.9 Å². The Labute approximate surface area is 79.4 Å². The third kappa shape index (κ3) is 2.52. The summed E-state index contributed by atoms with van der Waals surface area (Å²) in [5.41, 5.74) is 1.40. The van der Waals surface area contributed by atoms with Gasteiger partial charge in [0.25, 0.3) is 0 Å². The lowest BCUT2D eigenvalue weighted by Crippen LogP contribution is -2.35. The SMILES string of the molecule is c1cc(C[C@@H]2CCCCN2)ccn1. The maximum Gasteiger partial charge on any atom is 0.0270 e. The first-order valence-corrected chi connectivity index (χ1v) is 5.07. The van der Waals surface area contributed by atoms with Gasteiger partial charge >= 0.3 is 0 Å². The zero-order chi connectivity index (χ0) is 8.93. The van der Waals surface area contributed by atoms with Crippen LogP contribution in [0.15, 0.2) is 24.5 Å². The lowest BCUT2D eigenvalue weighted by Gasteiger charge is -2.23. The number of pyridine rings is 1. The Hall–Kier alpha value is -0.890. The van der Waals surface area contributed by atoms with Crippen molar-refractivity contribution in [1.82, 2.24) is 10.3 Å². The zero-order valence-corrected chi connectivity index (χ0v) is 7.87. The van der Waals surface area contributed by atoms with Gasteiger partial charge in [-0.2, -0.15) is 0 Å². The molecule has 2 heteroatoms. The van der Waals surface area contributed by atoms with Crippen LogP contribution >= 0.6 is 0 Å². The van der Waals surface area contributed by atoms with Crippen molar-refractivity contribution in [2.45, 2.75) is 31.7 Å². The zero-order valence-electron chi connectivity index (χ0n) is 7.87. The summed E-state index contributed by atoms with van der Waals surface area (Å²) in [7, 11) is 0. The van der Waals surface area contributed by atoms with E-state index in [4.69, 9.17) is 0 Å². The van der Waals surface area contributed by atoms with E-state index >= 15 is 0 Å². The number of rotatable bonds is 2. The Bertz CT molecular complexity index is 240. The van der Waals surface area contributed by atoms with Crippen LogP contribution in [0.4, 0.5) is 0 Å². The molecular formula is C11H16N2. The molecule has 1 aromatic rings. The first kappa shape index (κ1) is 8.70. The van der Waals surface area contributed by atoms with Crippen LogP contribution in [-0.2, 0) is 6.42 Å². The summed E-state index contributed by atoms with van der Waals surface area (Å²) in [4.78, 5) is 4.02. The van der Waals surface area contributed by atoms with Crippen LogP contribution in [0.1, 0.15) is 24.8 Å². The predicted octanol–water partition coefficient (Wildman–Crippen LogP) is 1.77. The monoisotopic (exact) mass is 176 g/mol. The second-order valence-corrected chi connectivity index (χ2v) is 3.71. The first-order valence-electron chi connectivity index (χ1n) is 5.07. The highest BCUT2D eigenvalue weighted by Gasteiger charge is 2.12. The lowest BCUT2D eigenvalue weighted by molar-refractivity contribution is 0.399. The molecule has 1 aliphatic rings. The summed E-state index contributed by atoms with van der Waals surface area (Å²) in [6.45, 7) is 1.19. The number of nitrogens with zero attached hydrogens (tertiary/aromatic N) is 1. The van der Waals surface area contributed by atoms with E-state index in [1.54, 1.807) is 0 Å². The fourth-order valence-electron chi connectivity index (χ4n) is 1.90. The Morgan fingerprint density at radius 1 is 1.31 bits per heavy atom. The number of piperidine rings is 1. The largest absolute Gasteiger partial charge is 0.314 e. The molecule has 0 aliphatic carbocycles. The molecule has 2 rings (SSSR count). The molecule has 0 bridgehead atoms. The Morgan fingerprint density at radius 3 is 2.85 bits per heavy atom. The van der Waals surface area contributed by atoms with E-state index in [0.717, 1.165) is 6.42 Å². The minimum atomic E-state index is 0.691.